The lowest BCUT2D eigenvalue weighted by Crippen LogP contribution is -2.28. The molecule has 4 aromatic rings. The van der Waals surface area contributed by atoms with Crippen molar-refractivity contribution in [2.24, 2.45) is 0 Å². The van der Waals surface area contributed by atoms with E-state index in [0.29, 0.717) is 23.0 Å². The van der Waals surface area contributed by atoms with E-state index in [4.69, 9.17) is 4.74 Å². The molecule has 1 aliphatic carbocycles. The Kier molecular flexibility index (Phi) is 5.66. The van der Waals surface area contributed by atoms with E-state index in [9.17, 15) is 23.2 Å². The van der Waals surface area contributed by atoms with E-state index in [1.807, 2.05) is 6.07 Å². The molecule has 0 bridgehead atoms. The lowest BCUT2D eigenvalue weighted by Gasteiger charge is -2.34. The average molecular weight is 496 g/mol. The normalized spacial score (nSPS) is 18.4. The molecule has 1 aliphatic rings. The number of nitrogens with one attached hydrogen (secondary N) is 1. The maximum absolute atomic E-state index is 13.0. The van der Waals surface area contributed by atoms with Crippen molar-refractivity contribution in [2.45, 2.75) is 43.8 Å². The van der Waals surface area contributed by atoms with E-state index in [1.165, 1.54) is 17.9 Å². The number of nitriles is 1. The van der Waals surface area contributed by atoms with Crippen molar-refractivity contribution in [1.82, 2.24) is 34.7 Å². The summed E-state index contributed by atoms with van der Waals surface area (Å²) in [7, 11) is 1.52. The van der Waals surface area contributed by atoms with Gasteiger partial charge in [-0.2, -0.15) is 23.5 Å². The van der Waals surface area contributed by atoms with Crippen LogP contribution in [0.3, 0.4) is 0 Å². The van der Waals surface area contributed by atoms with Crippen molar-refractivity contribution in [2.75, 3.05) is 7.11 Å². The Hall–Kier alpha value is -4.34. The van der Waals surface area contributed by atoms with E-state index >= 15 is 0 Å². The number of nitrogens with zero attached hydrogens (tertiary/aromatic N) is 7. The molecule has 0 aromatic carbocycles. The summed E-state index contributed by atoms with van der Waals surface area (Å²) >= 11 is 0. The minimum Gasteiger partial charge on any atom is -0.494 e. The number of H-pyrrole nitrogens is 1. The molecule has 0 spiro atoms. The van der Waals surface area contributed by atoms with Crippen LogP contribution in [0.5, 0.6) is 5.75 Å². The van der Waals surface area contributed by atoms with Crippen LogP contribution in [0.2, 0.25) is 0 Å². The van der Waals surface area contributed by atoms with Gasteiger partial charge >= 0.3 is 6.18 Å². The molecule has 10 nitrogen and oxygen atoms in total. The second kappa shape index (κ2) is 8.71. The van der Waals surface area contributed by atoms with Gasteiger partial charge in [0.25, 0.3) is 5.56 Å². The summed E-state index contributed by atoms with van der Waals surface area (Å²) in [6, 6.07) is 3.42. The number of alkyl halides is 3. The molecule has 3 atom stereocenters. The number of aromatic amines is 1. The molecule has 0 amide bonds. The molecule has 3 unspecified atom stereocenters. The third kappa shape index (κ3) is 3.94. The van der Waals surface area contributed by atoms with Gasteiger partial charge in [-0.1, -0.05) is 6.07 Å². The van der Waals surface area contributed by atoms with Gasteiger partial charge in [-0.3, -0.25) is 9.78 Å². The molecule has 1 N–H and O–H groups in total. The van der Waals surface area contributed by atoms with Gasteiger partial charge in [0.05, 0.1) is 25.5 Å². The van der Waals surface area contributed by atoms with Gasteiger partial charge in [-0.25, -0.2) is 19.6 Å². The van der Waals surface area contributed by atoms with Gasteiger partial charge in [0.15, 0.2) is 17.1 Å². The number of hydrogen-bond donors (Lipinski definition) is 1. The predicted octanol–water partition coefficient (Wildman–Crippen LogP) is 3.47. The largest absolute Gasteiger partial charge is 0.494 e. The van der Waals surface area contributed by atoms with Crippen LogP contribution in [-0.2, 0) is 6.18 Å². The van der Waals surface area contributed by atoms with Gasteiger partial charge in [-0.15, -0.1) is 0 Å². The minimum atomic E-state index is -4.56. The maximum Gasteiger partial charge on any atom is 0.433 e. The highest BCUT2D eigenvalue weighted by molar-refractivity contribution is 5.80. The van der Waals surface area contributed by atoms with E-state index in [2.05, 4.69) is 30.0 Å². The molecule has 1 fully saturated rings. The highest BCUT2D eigenvalue weighted by Crippen LogP contribution is 2.46. The summed E-state index contributed by atoms with van der Waals surface area (Å²) in [5.41, 5.74) is -1.08. The Morgan fingerprint density at radius 3 is 2.44 bits per heavy atom. The number of aromatic nitrogens is 7. The predicted molar refractivity (Wildman–Crippen MR) is 119 cm³/mol. The van der Waals surface area contributed by atoms with Gasteiger partial charge in [0.1, 0.15) is 28.8 Å². The van der Waals surface area contributed by atoms with Crippen molar-refractivity contribution in [3.05, 3.63) is 69.7 Å². The molecule has 184 valence electrons. The zero-order chi connectivity index (χ0) is 25.6. The summed E-state index contributed by atoms with van der Waals surface area (Å²) in [4.78, 5) is 32.6. The smallest absolute Gasteiger partial charge is 0.433 e. The quantitative estimate of drug-likeness (QED) is 0.444. The molecular weight excluding hydrogens is 477 g/mol. The highest BCUT2D eigenvalue weighted by Gasteiger charge is 2.38. The number of fused-ring (bicyclic) bond motifs is 1. The number of methoxy groups -OCH3 is 1. The van der Waals surface area contributed by atoms with Crippen molar-refractivity contribution < 1.29 is 17.9 Å². The fraction of sp³-hybridized carbons (Fsp3) is 0.348. The van der Waals surface area contributed by atoms with Gasteiger partial charge in [-0.05, 0) is 31.4 Å². The zero-order valence-electron chi connectivity index (χ0n) is 19.1. The molecule has 1 saturated carbocycles. The second-order valence-electron chi connectivity index (χ2n) is 8.48. The van der Waals surface area contributed by atoms with Gasteiger partial charge in [0.2, 0.25) is 0 Å². The molecular formula is C23H19F3N8O2. The lowest BCUT2D eigenvalue weighted by atomic mass is 9.72. The molecule has 0 saturated heterocycles. The third-order valence-corrected chi connectivity index (χ3v) is 6.45. The van der Waals surface area contributed by atoms with Crippen molar-refractivity contribution in [3.8, 4) is 11.8 Å². The van der Waals surface area contributed by atoms with Crippen molar-refractivity contribution >= 4 is 11.0 Å². The molecule has 4 heterocycles. The molecule has 5 rings (SSSR count). The van der Waals surface area contributed by atoms with Crippen molar-refractivity contribution in [1.29, 1.82) is 5.26 Å². The van der Waals surface area contributed by atoms with Crippen LogP contribution in [0.1, 0.15) is 66.2 Å². The van der Waals surface area contributed by atoms with Gasteiger partial charge < -0.3 is 9.72 Å². The average Bonchev–Trinajstić information content (AvgIpc) is 3.22. The van der Waals surface area contributed by atoms with Crippen LogP contribution in [0.15, 0.2) is 35.5 Å². The van der Waals surface area contributed by atoms with Crippen LogP contribution in [0.25, 0.3) is 11.0 Å². The number of rotatable bonds is 5. The molecule has 13 heteroatoms. The lowest BCUT2D eigenvalue weighted by molar-refractivity contribution is -0.141. The standard InChI is InChI=1S/C23H19F3N8O2/c1-11(12-3-6-17(28-8-12)23(24,25)26)34-21-18(16(7-27)33-34)22(35)32-20(31-21)15-5-4-14(15)19-29-9-13(36-2)10-30-19/h3,6,8-11,14-15H,4-5H2,1-2H3,(H,31,32,35). The fourth-order valence-electron chi connectivity index (χ4n) is 4.31. The molecule has 0 radical (unpaired) electrons. The van der Waals surface area contributed by atoms with Crippen molar-refractivity contribution in [3.63, 3.8) is 0 Å². The maximum atomic E-state index is 13.0. The first-order valence-electron chi connectivity index (χ1n) is 11.0. The van der Waals surface area contributed by atoms with E-state index in [1.54, 1.807) is 19.3 Å². The Morgan fingerprint density at radius 2 is 1.89 bits per heavy atom. The number of hydrogen-bond acceptors (Lipinski definition) is 8. The minimum absolute atomic E-state index is 0.0181. The van der Waals surface area contributed by atoms with E-state index in [0.717, 1.165) is 25.1 Å². The van der Waals surface area contributed by atoms with Gasteiger partial charge in [0, 0.05) is 18.0 Å². The Labute approximate surface area is 201 Å². The second-order valence-corrected chi connectivity index (χ2v) is 8.48. The Bertz CT molecular complexity index is 1520. The Morgan fingerprint density at radius 1 is 1.17 bits per heavy atom. The summed E-state index contributed by atoms with van der Waals surface area (Å²) < 4.78 is 45.2. The number of halogens is 3. The third-order valence-electron chi connectivity index (χ3n) is 6.45. The van der Waals surface area contributed by atoms with Crippen LogP contribution in [0, 0.1) is 11.3 Å². The van der Waals surface area contributed by atoms with Crippen LogP contribution in [-0.4, -0.2) is 41.8 Å². The molecule has 4 aromatic heterocycles. The first-order valence-corrected chi connectivity index (χ1v) is 11.0. The highest BCUT2D eigenvalue weighted by atomic mass is 19.4. The van der Waals surface area contributed by atoms with Crippen LogP contribution < -0.4 is 10.3 Å². The molecule has 36 heavy (non-hydrogen) atoms. The Balaban J connectivity index is 1.54. The summed E-state index contributed by atoms with van der Waals surface area (Å²) in [5.74, 6) is 1.31. The van der Waals surface area contributed by atoms with Crippen LogP contribution >= 0.6 is 0 Å². The number of ether oxygens (including phenoxy) is 1. The van der Waals surface area contributed by atoms with E-state index in [-0.39, 0.29) is 28.6 Å². The topological polar surface area (TPSA) is 135 Å². The first kappa shape index (κ1) is 23.4. The fourth-order valence-corrected chi connectivity index (χ4v) is 4.31. The van der Waals surface area contributed by atoms with Crippen LogP contribution in [0.4, 0.5) is 13.2 Å². The number of pyridine rings is 1. The summed E-state index contributed by atoms with van der Waals surface area (Å²) in [6.45, 7) is 1.68. The zero-order valence-corrected chi connectivity index (χ0v) is 19.1. The first-order chi connectivity index (χ1) is 17.2. The molecule has 0 aliphatic heterocycles. The summed E-state index contributed by atoms with van der Waals surface area (Å²) in [6.07, 6.45) is 1.23. The summed E-state index contributed by atoms with van der Waals surface area (Å²) in [5, 5.41) is 13.8. The monoisotopic (exact) mass is 496 g/mol. The van der Waals surface area contributed by atoms with E-state index < -0.39 is 23.5 Å². The SMILES string of the molecule is COc1cnc(C2CCC2c2nc3c(c(C#N)nn3C(C)c3ccc(C(F)(F)F)nc3)c(=O)[nH]2)nc1.